The van der Waals surface area contributed by atoms with Crippen molar-refractivity contribution in [3.63, 3.8) is 0 Å². The molecule has 5 rings (SSSR count). The van der Waals surface area contributed by atoms with E-state index in [1.54, 1.807) is 24.4 Å². The van der Waals surface area contributed by atoms with Crippen molar-refractivity contribution in [2.45, 2.75) is 57.0 Å². The summed E-state index contributed by atoms with van der Waals surface area (Å²) in [6, 6.07) is 18.6. The number of rotatable bonds is 7. The zero-order valence-electron chi connectivity index (χ0n) is 22.9. The monoisotopic (exact) mass is 547 g/mol. The van der Waals surface area contributed by atoms with E-state index >= 15 is 0 Å². The zero-order chi connectivity index (χ0) is 27.6. The third-order valence-electron chi connectivity index (χ3n) is 7.78. The van der Waals surface area contributed by atoms with Gasteiger partial charge in [0.1, 0.15) is 11.6 Å². The highest BCUT2D eigenvalue weighted by Gasteiger charge is 2.39. The number of piperidine rings is 1. The lowest BCUT2D eigenvalue weighted by Gasteiger charge is -2.34. The van der Waals surface area contributed by atoms with Crippen LogP contribution in [-0.2, 0) is 16.4 Å². The lowest BCUT2D eigenvalue weighted by molar-refractivity contribution is 0.0981. The van der Waals surface area contributed by atoms with Crippen molar-refractivity contribution >= 4 is 27.6 Å². The fraction of sp³-hybridized carbons (Fsp3) is 0.433. The van der Waals surface area contributed by atoms with Crippen molar-refractivity contribution < 1.29 is 13.2 Å². The average Bonchev–Trinajstić information content (AvgIpc) is 3.20. The molecule has 2 aliphatic rings. The van der Waals surface area contributed by atoms with Crippen LogP contribution in [0.5, 0.6) is 0 Å². The van der Waals surface area contributed by atoms with Crippen LogP contribution in [0.1, 0.15) is 56.0 Å². The summed E-state index contributed by atoms with van der Waals surface area (Å²) in [6.07, 6.45) is 5.71. The first-order valence-corrected chi connectivity index (χ1v) is 15.2. The first-order chi connectivity index (χ1) is 18.6. The SMILES string of the molecule is CC1CN(c2ncccc2C(=O)NS(=O)(=O)c2cccc(N3CCCC(Cc4ccccc4)C3)n2)C(C)(C)C1. The number of nitrogens with zero attached hydrogens (tertiary/aromatic N) is 4. The van der Waals surface area contributed by atoms with E-state index in [4.69, 9.17) is 0 Å². The molecule has 2 saturated heterocycles. The predicted octanol–water partition coefficient (Wildman–Crippen LogP) is 4.68. The summed E-state index contributed by atoms with van der Waals surface area (Å²) in [5, 5.41) is -0.168. The van der Waals surface area contributed by atoms with E-state index in [1.165, 1.54) is 11.6 Å². The number of hydrogen-bond donors (Lipinski definition) is 1. The Morgan fingerprint density at radius 2 is 1.85 bits per heavy atom. The third-order valence-corrected chi connectivity index (χ3v) is 9.01. The second-order valence-corrected chi connectivity index (χ2v) is 13.1. The minimum Gasteiger partial charge on any atom is -0.356 e. The molecule has 8 nitrogen and oxygen atoms in total. The molecule has 0 aliphatic carbocycles. The number of aromatic nitrogens is 2. The summed E-state index contributed by atoms with van der Waals surface area (Å²) in [5.41, 5.74) is 1.35. The molecule has 3 aromatic rings. The lowest BCUT2D eigenvalue weighted by Crippen LogP contribution is -2.41. The summed E-state index contributed by atoms with van der Waals surface area (Å²) < 4.78 is 28.9. The summed E-state index contributed by atoms with van der Waals surface area (Å²) in [6.45, 7) is 8.77. The number of anilines is 2. The summed E-state index contributed by atoms with van der Waals surface area (Å²) in [4.78, 5) is 26.5. The molecule has 0 spiro atoms. The Hall–Kier alpha value is -3.46. The maximum atomic E-state index is 13.3. The molecule has 2 unspecified atom stereocenters. The Morgan fingerprint density at radius 1 is 1.05 bits per heavy atom. The van der Waals surface area contributed by atoms with Crippen LogP contribution in [0.25, 0.3) is 0 Å². The molecule has 0 bridgehead atoms. The van der Waals surface area contributed by atoms with Gasteiger partial charge in [0.05, 0.1) is 5.56 Å². The number of carbonyl (C=O) groups is 1. The molecule has 2 aliphatic heterocycles. The number of benzene rings is 1. The Labute approximate surface area is 231 Å². The Morgan fingerprint density at radius 3 is 2.59 bits per heavy atom. The van der Waals surface area contributed by atoms with Crippen molar-refractivity contribution in [3.05, 3.63) is 78.0 Å². The van der Waals surface area contributed by atoms with Gasteiger partial charge in [0, 0.05) is 31.4 Å². The number of hydrogen-bond acceptors (Lipinski definition) is 7. The molecule has 1 aromatic carbocycles. The largest absolute Gasteiger partial charge is 0.356 e. The second-order valence-electron chi connectivity index (χ2n) is 11.5. The molecule has 0 saturated carbocycles. The maximum absolute atomic E-state index is 13.3. The van der Waals surface area contributed by atoms with Gasteiger partial charge in [-0.1, -0.05) is 43.3 Å². The van der Waals surface area contributed by atoms with Crippen molar-refractivity contribution in [1.82, 2.24) is 14.7 Å². The van der Waals surface area contributed by atoms with Crippen molar-refractivity contribution in [2.75, 3.05) is 29.4 Å². The molecule has 1 amide bonds. The number of amides is 1. The van der Waals surface area contributed by atoms with Crippen LogP contribution in [-0.4, -0.2) is 49.5 Å². The standard InChI is InChI=1S/C30H37N5O3S/c1-22-19-30(2,3)35(20-22)28-25(13-8-16-31-28)29(36)33-39(37,38)27-15-7-14-26(32-27)34-17-9-12-24(21-34)18-23-10-5-4-6-11-23/h4-8,10-11,13-16,22,24H,9,12,17-21H2,1-3H3,(H,33,36). The van der Waals surface area contributed by atoms with Gasteiger partial charge in [0.2, 0.25) is 0 Å². The quantitative estimate of drug-likeness (QED) is 0.459. The minimum absolute atomic E-state index is 0.168. The number of pyridine rings is 2. The van der Waals surface area contributed by atoms with Crippen LogP contribution in [0, 0.1) is 11.8 Å². The number of sulfonamides is 1. The van der Waals surface area contributed by atoms with Gasteiger partial charge in [-0.2, -0.15) is 8.42 Å². The lowest BCUT2D eigenvalue weighted by atomic mass is 9.91. The van der Waals surface area contributed by atoms with Crippen molar-refractivity contribution in [2.24, 2.45) is 11.8 Å². The van der Waals surface area contributed by atoms with E-state index < -0.39 is 15.9 Å². The Bertz CT molecular complexity index is 1430. The van der Waals surface area contributed by atoms with Crippen molar-refractivity contribution in [3.8, 4) is 0 Å². The normalized spacial score (nSPS) is 21.1. The summed E-state index contributed by atoms with van der Waals surface area (Å²) in [7, 11) is -4.19. The highest BCUT2D eigenvalue weighted by atomic mass is 32.2. The van der Waals surface area contributed by atoms with Gasteiger partial charge in [-0.15, -0.1) is 0 Å². The van der Waals surface area contributed by atoms with Crippen molar-refractivity contribution in [1.29, 1.82) is 0 Å². The van der Waals surface area contributed by atoms with Crippen LogP contribution in [0.2, 0.25) is 0 Å². The van der Waals surface area contributed by atoms with Gasteiger partial charge in [0.25, 0.3) is 15.9 Å². The fourth-order valence-electron chi connectivity index (χ4n) is 6.09. The zero-order valence-corrected chi connectivity index (χ0v) is 23.7. The average molecular weight is 548 g/mol. The fourth-order valence-corrected chi connectivity index (χ4v) is 7.02. The van der Waals surface area contributed by atoms with E-state index in [-0.39, 0.29) is 16.1 Å². The maximum Gasteiger partial charge on any atom is 0.281 e. The van der Waals surface area contributed by atoms with Gasteiger partial charge < -0.3 is 9.80 Å². The van der Waals surface area contributed by atoms with E-state index in [1.807, 2.05) is 12.1 Å². The van der Waals surface area contributed by atoms with Crippen LogP contribution in [0.15, 0.2) is 71.9 Å². The molecule has 4 heterocycles. The molecule has 0 radical (unpaired) electrons. The predicted molar refractivity (Wildman–Crippen MR) is 153 cm³/mol. The molecule has 9 heteroatoms. The van der Waals surface area contributed by atoms with E-state index in [2.05, 4.69) is 69.5 Å². The van der Waals surface area contributed by atoms with E-state index in [0.29, 0.717) is 23.5 Å². The van der Waals surface area contributed by atoms with E-state index in [0.717, 1.165) is 45.3 Å². The summed E-state index contributed by atoms with van der Waals surface area (Å²) >= 11 is 0. The first kappa shape index (κ1) is 27.1. The molecule has 2 atom stereocenters. The highest BCUT2D eigenvalue weighted by molar-refractivity contribution is 7.90. The molecule has 39 heavy (non-hydrogen) atoms. The van der Waals surface area contributed by atoms with E-state index in [9.17, 15) is 13.2 Å². The number of nitrogens with one attached hydrogen (secondary N) is 1. The van der Waals surface area contributed by atoms with Crippen LogP contribution in [0.3, 0.4) is 0 Å². The van der Waals surface area contributed by atoms with Gasteiger partial charge in [0.15, 0.2) is 5.03 Å². The molecular weight excluding hydrogens is 510 g/mol. The first-order valence-electron chi connectivity index (χ1n) is 13.7. The topological polar surface area (TPSA) is 95.5 Å². The van der Waals surface area contributed by atoms with Gasteiger partial charge in [-0.05, 0) is 81.2 Å². The molecular formula is C30H37N5O3S. The Kier molecular flexibility index (Phi) is 7.62. The Balaban J connectivity index is 1.32. The number of carbonyl (C=O) groups excluding carboxylic acids is 1. The third kappa shape index (κ3) is 6.08. The van der Waals surface area contributed by atoms with Gasteiger partial charge in [-0.3, -0.25) is 4.79 Å². The van der Waals surface area contributed by atoms with Gasteiger partial charge >= 0.3 is 0 Å². The van der Waals surface area contributed by atoms with Gasteiger partial charge in [-0.25, -0.2) is 14.7 Å². The highest BCUT2D eigenvalue weighted by Crippen LogP contribution is 2.37. The smallest absolute Gasteiger partial charge is 0.281 e. The molecule has 2 fully saturated rings. The van der Waals surface area contributed by atoms with Crippen LogP contribution < -0.4 is 14.5 Å². The minimum atomic E-state index is -4.19. The van der Waals surface area contributed by atoms with Crippen LogP contribution in [0.4, 0.5) is 11.6 Å². The molecule has 1 N–H and O–H groups in total. The second kappa shape index (κ2) is 11.0. The molecule has 2 aromatic heterocycles. The molecule has 206 valence electrons. The summed E-state index contributed by atoms with van der Waals surface area (Å²) in [5.74, 6) is 1.30. The van der Waals surface area contributed by atoms with Crippen LogP contribution >= 0.6 is 0 Å².